The molecular weight excluding hydrogens is 456 g/mol. The summed E-state index contributed by atoms with van der Waals surface area (Å²) in [7, 11) is 0. The maximum absolute atomic E-state index is 13.1. The van der Waals surface area contributed by atoms with E-state index < -0.39 is 0 Å². The lowest BCUT2D eigenvalue weighted by atomic mass is 10.1. The average molecular weight is 489 g/mol. The Morgan fingerprint density at radius 1 is 1.09 bits per heavy atom. The number of aromatic nitrogens is 2. The number of carbonyl (C=O) groups is 2. The average Bonchev–Trinajstić information content (AvgIpc) is 3.50. The Kier molecular flexibility index (Phi) is 7.54. The molecule has 1 aromatic carbocycles. The fourth-order valence-corrected chi connectivity index (χ4v) is 4.28. The van der Waals surface area contributed by atoms with Crippen molar-refractivity contribution in [1.29, 1.82) is 0 Å². The molecule has 2 aromatic rings. The first kappa shape index (κ1) is 24.6. The highest BCUT2D eigenvalue weighted by atomic mass is 35.5. The van der Waals surface area contributed by atoms with Crippen LogP contribution in [-0.4, -0.2) is 87.6 Å². The van der Waals surface area contributed by atoms with E-state index in [1.165, 1.54) is 0 Å². The van der Waals surface area contributed by atoms with E-state index in [-0.39, 0.29) is 23.4 Å². The van der Waals surface area contributed by atoms with Crippen molar-refractivity contribution in [3.05, 3.63) is 35.2 Å². The molecule has 2 amide bonds. The van der Waals surface area contributed by atoms with Gasteiger partial charge in [-0.3, -0.25) is 19.4 Å². The van der Waals surface area contributed by atoms with Gasteiger partial charge < -0.3 is 14.6 Å². The Hall–Kier alpha value is -2.49. The zero-order chi connectivity index (χ0) is 24.3. The molecule has 34 heavy (non-hydrogen) atoms. The molecule has 2 fully saturated rings. The fraction of sp³-hybridized carbons (Fsp3) is 0.583. The summed E-state index contributed by atoms with van der Waals surface area (Å²) in [4.78, 5) is 31.5. The van der Waals surface area contributed by atoms with Crippen LogP contribution in [0.2, 0.25) is 5.02 Å². The van der Waals surface area contributed by atoms with Crippen LogP contribution in [0.5, 0.6) is 0 Å². The Morgan fingerprint density at radius 3 is 2.35 bits per heavy atom. The van der Waals surface area contributed by atoms with Crippen molar-refractivity contribution >= 4 is 23.4 Å². The summed E-state index contributed by atoms with van der Waals surface area (Å²) in [6, 6.07) is 7.54. The number of benzene rings is 1. The van der Waals surface area contributed by atoms with Gasteiger partial charge in [-0.05, 0) is 45.7 Å². The van der Waals surface area contributed by atoms with Crippen molar-refractivity contribution in [3.63, 3.8) is 0 Å². The molecule has 9 nitrogen and oxygen atoms in total. The van der Waals surface area contributed by atoms with E-state index in [1.807, 2.05) is 43.9 Å². The number of nitrogens with one attached hydrogen (secondary N) is 1. The van der Waals surface area contributed by atoms with Crippen LogP contribution < -0.4 is 5.32 Å². The normalized spacial score (nSPS) is 17.5. The molecule has 2 heterocycles. The Morgan fingerprint density at radius 2 is 1.74 bits per heavy atom. The molecule has 1 saturated heterocycles. The summed E-state index contributed by atoms with van der Waals surface area (Å²) in [6.45, 7) is 10.0. The third-order valence-corrected chi connectivity index (χ3v) is 6.22. The summed E-state index contributed by atoms with van der Waals surface area (Å²) in [6.07, 6.45) is 1.99. The maximum Gasteiger partial charge on any atom is 0.249 e. The summed E-state index contributed by atoms with van der Waals surface area (Å²) >= 11 is 6.24. The lowest BCUT2D eigenvalue weighted by Gasteiger charge is -2.35. The maximum atomic E-state index is 13.1. The van der Waals surface area contributed by atoms with Gasteiger partial charge in [0.1, 0.15) is 0 Å². The number of hydrogen-bond acceptors (Lipinski definition) is 7. The monoisotopic (exact) mass is 488 g/mol. The smallest absolute Gasteiger partial charge is 0.249 e. The standard InChI is InChI=1S/C24H33ClN6O3/c1-24(2,3)26-20(32)14-29-10-12-30(13-11-29)16-22(33)31(17-8-9-17)15-21-27-28-23(34-21)18-6-4-5-7-19(18)25/h4-7,17H,8-16H2,1-3H3,(H,26,32). The van der Waals surface area contributed by atoms with Crippen molar-refractivity contribution in [2.45, 2.75) is 51.7 Å². The molecule has 4 rings (SSSR count). The molecule has 0 bridgehead atoms. The van der Waals surface area contributed by atoms with Gasteiger partial charge in [-0.2, -0.15) is 0 Å². The molecule has 0 unspecified atom stereocenters. The minimum atomic E-state index is -0.232. The van der Waals surface area contributed by atoms with Crippen LogP contribution >= 0.6 is 11.6 Å². The molecular formula is C24H33ClN6O3. The quantitative estimate of drug-likeness (QED) is 0.609. The molecule has 2 aliphatic rings. The van der Waals surface area contributed by atoms with Crippen LogP contribution in [-0.2, 0) is 16.1 Å². The zero-order valence-electron chi connectivity index (χ0n) is 20.1. The van der Waals surface area contributed by atoms with Crippen molar-refractivity contribution in [1.82, 2.24) is 30.2 Å². The van der Waals surface area contributed by atoms with E-state index in [2.05, 4.69) is 25.3 Å². The summed E-state index contributed by atoms with van der Waals surface area (Å²) in [5.41, 5.74) is 0.450. The number of nitrogens with zero attached hydrogens (tertiary/aromatic N) is 5. The third-order valence-electron chi connectivity index (χ3n) is 5.89. The summed E-state index contributed by atoms with van der Waals surface area (Å²) < 4.78 is 5.83. The number of rotatable bonds is 8. The van der Waals surface area contributed by atoms with Gasteiger partial charge in [0.15, 0.2) is 0 Å². The molecule has 1 aliphatic carbocycles. The van der Waals surface area contributed by atoms with Crippen LogP contribution in [0.4, 0.5) is 0 Å². The lowest BCUT2D eigenvalue weighted by molar-refractivity contribution is -0.135. The van der Waals surface area contributed by atoms with E-state index in [0.717, 1.165) is 39.0 Å². The highest BCUT2D eigenvalue weighted by Crippen LogP contribution is 2.30. The van der Waals surface area contributed by atoms with E-state index in [1.54, 1.807) is 6.07 Å². The van der Waals surface area contributed by atoms with E-state index in [4.69, 9.17) is 16.0 Å². The number of amides is 2. The zero-order valence-corrected chi connectivity index (χ0v) is 20.8. The molecule has 1 saturated carbocycles. The lowest BCUT2D eigenvalue weighted by Crippen LogP contribution is -2.53. The summed E-state index contributed by atoms with van der Waals surface area (Å²) in [5, 5.41) is 11.8. The van der Waals surface area contributed by atoms with Crippen LogP contribution in [0, 0.1) is 0 Å². The van der Waals surface area contributed by atoms with Crippen molar-refractivity contribution in [2.75, 3.05) is 39.3 Å². The molecule has 0 spiro atoms. The fourth-order valence-electron chi connectivity index (χ4n) is 4.06. The third kappa shape index (κ3) is 6.77. The molecule has 1 aromatic heterocycles. The van der Waals surface area contributed by atoms with E-state index >= 15 is 0 Å². The largest absolute Gasteiger partial charge is 0.419 e. The van der Waals surface area contributed by atoms with Gasteiger partial charge in [0.2, 0.25) is 23.6 Å². The van der Waals surface area contributed by atoms with Crippen molar-refractivity contribution in [2.24, 2.45) is 0 Å². The predicted molar refractivity (Wildman–Crippen MR) is 129 cm³/mol. The Labute approximate surface area is 205 Å². The Balaban J connectivity index is 1.29. The SMILES string of the molecule is CC(C)(C)NC(=O)CN1CCN(CC(=O)N(Cc2nnc(-c3ccccc3Cl)o2)C2CC2)CC1. The molecule has 0 radical (unpaired) electrons. The predicted octanol–water partition coefficient (Wildman–Crippen LogP) is 2.41. The van der Waals surface area contributed by atoms with Crippen molar-refractivity contribution < 1.29 is 14.0 Å². The van der Waals surface area contributed by atoms with Crippen LogP contribution in [0.25, 0.3) is 11.5 Å². The number of carbonyl (C=O) groups excluding carboxylic acids is 2. The Bertz CT molecular complexity index is 1010. The van der Waals surface area contributed by atoms with Crippen molar-refractivity contribution in [3.8, 4) is 11.5 Å². The van der Waals surface area contributed by atoms with Gasteiger partial charge in [0, 0.05) is 37.8 Å². The summed E-state index contributed by atoms with van der Waals surface area (Å²) in [5.74, 6) is 0.867. The van der Waals surface area contributed by atoms with Gasteiger partial charge in [-0.1, -0.05) is 23.7 Å². The molecule has 1 N–H and O–H groups in total. The second-order valence-electron chi connectivity index (χ2n) is 10.1. The highest BCUT2D eigenvalue weighted by Gasteiger charge is 2.35. The molecule has 184 valence electrons. The minimum absolute atomic E-state index is 0.0349. The van der Waals surface area contributed by atoms with Gasteiger partial charge >= 0.3 is 0 Å². The first-order chi connectivity index (χ1) is 16.2. The van der Waals surface area contributed by atoms with Gasteiger partial charge in [-0.15, -0.1) is 10.2 Å². The number of hydrogen-bond donors (Lipinski definition) is 1. The molecule has 10 heteroatoms. The van der Waals surface area contributed by atoms with Crippen LogP contribution in [0.1, 0.15) is 39.5 Å². The molecule has 0 atom stereocenters. The topological polar surface area (TPSA) is 94.8 Å². The number of halogens is 1. The first-order valence-electron chi connectivity index (χ1n) is 11.8. The minimum Gasteiger partial charge on any atom is -0.419 e. The van der Waals surface area contributed by atoms with Gasteiger partial charge in [-0.25, -0.2) is 0 Å². The van der Waals surface area contributed by atoms with Crippen LogP contribution in [0.3, 0.4) is 0 Å². The van der Waals surface area contributed by atoms with Crippen LogP contribution in [0.15, 0.2) is 28.7 Å². The second-order valence-corrected chi connectivity index (χ2v) is 10.5. The second kappa shape index (κ2) is 10.4. The molecule has 1 aliphatic heterocycles. The van der Waals surface area contributed by atoms with Gasteiger partial charge in [0.05, 0.1) is 30.2 Å². The first-order valence-corrected chi connectivity index (χ1v) is 12.2. The number of piperazine rings is 1. The van der Waals surface area contributed by atoms with E-state index in [9.17, 15) is 9.59 Å². The van der Waals surface area contributed by atoms with Gasteiger partial charge in [0.25, 0.3) is 0 Å². The van der Waals surface area contributed by atoms with E-state index in [0.29, 0.717) is 42.0 Å². The highest BCUT2D eigenvalue weighted by molar-refractivity contribution is 6.33.